The Morgan fingerprint density at radius 1 is 0.914 bits per heavy atom. The van der Waals surface area contributed by atoms with Gasteiger partial charge in [-0.05, 0) is 47.4 Å². The zero-order valence-corrected chi connectivity index (χ0v) is 21.2. The average Bonchev–Trinajstić information content (AvgIpc) is 2.85. The number of rotatable bonds is 11. The van der Waals surface area contributed by atoms with Crippen LogP contribution in [0.25, 0.3) is 0 Å². The van der Waals surface area contributed by atoms with Gasteiger partial charge in [-0.3, -0.25) is 9.59 Å². The Kier molecular flexibility index (Phi) is 10.1. The molecule has 0 radical (unpaired) electrons. The van der Waals surface area contributed by atoms with Crippen LogP contribution in [0.1, 0.15) is 36.5 Å². The maximum atomic E-state index is 13.6. The van der Waals surface area contributed by atoms with Crippen molar-refractivity contribution in [2.45, 2.75) is 45.2 Å². The van der Waals surface area contributed by atoms with E-state index >= 15 is 0 Å². The van der Waals surface area contributed by atoms with E-state index in [-0.39, 0.29) is 30.6 Å². The zero-order chi connectivity index (χ0) is 25.2. The largest absolute Gasteiger partial charge is 0.354 e. The van der Waals surface area contributed by atoms with Crippen molar-refractivity contribution in [2.75, 3.05) is 6.54 Å². The highest BCUT2D eigenvalue weighted by Crippen LogP contribution is 2.24. The molecule has 0 heterocycles. The van der Waals surface area contributed by atoms with Gasteiger partial charge in [0.1, 0.15) is 11.9 Å². The monoisotopic (exact) mass is 514 g/mol. The third-order valence-corrected chi connectivity index (χ3v) is 6.45. The standard InChI is InChI=1S/C28H29Cl2FN2O2/c1-2-3-15-32-28(35)26(17-20-7-5-4-6-8-20)33(19-21-9-12-23(31)13-10-21)27(34)18-22-11-14-24(29)25(30)16-22/h4-14,16,26H,2-3,15,17-19H2,1H3,(H,32,35). The molecule has 35 heavy (non-hydrogen) atoms. The van der Waals surface area contributed by atoms with Gasteiger partial charge in [-0.2, -0.15) is 0 Å². The summed E-state index contributed by atoms with van der Waals surface area (Å²) in [5.74, 6) is -0.813. The topological polar surface area (TPSA) is 49.4 Å². The summed E-state index contributed by atoms with van der Waals surface area (Å²) in [4.78, 5) is 28.6. The molecule has 0 saturated carbocycles. The fraction of sp³-hybridized carbons (Fsp3) is 0.286. The average molecular weight is 515 g/mol. The highest BCUT2D eigenvalue weighted by molar-refractivity contribution is 6.42. The molecule has 4 nitrogen and oxygen atoms in total. The Hall–Kier alpha value is -2.89. The van der Waals surface area contributed by atoms with Crippen LogP contribution in [-0.2, 0) is 29.0 Å². The number of hydrogen-bond acceptors (Lipinski definition) is 2. The second-order valence-electron chi connectivity index (χ2n) is 8.42. The number of carbonyl (C=O) groups excluding carboxylic acids is 2. The lowest BCUT2D eigenvalue weighted by Gasteiger charge is -2.32. The van der Waals surface area contributed by atoms with Gasteiger partial charge >= 0.3 is 0 Å². The van der Waals surface area contributed by atoms with Crippen LogP contribution in [0.3, 0.4) is 0 Å². The third kappa shape index (κ3) is 8.08. The van der Waals surface area contributed by atoms with E-state index < -0.39 is 6.04 Å². The molecule has 3 aromatic rings. The van der Waals surface area contributed by atoms with Gasteiger partial charge in [0, 0.05) is 19.5 Å². The quantitative estimate of drug-likeness (QED) is 0.308. The predicted molar refractivity (Wildman–Crippen MR) is 139 cm³/mol. The molecule has 0 spiro atoms. The smallest absolute Gasteiger partial charge is 0.243 e. The molecule has 1 unspecified atom stereocenters. The summed E-state index contributed by atoms with van der Waals surface area (Å²) in [6.45, 7) is 2.75. The van der Waals surface area contributed by atoms with E-state index in [2.05, 4.69) is 12.2 Å². The van der Waals surface area contributed by atoms with Gasteiger partial charge in [0.2, 0.25) is 11.8 Å². The van der Waals surface area contributed by atoms with Crippen molar-refractivity contribution in [3.05, 3.63) is 105 Å². The Morgan fingerprint density at radius 2 is 1.60 bits per heavy atom. The number of nitrogens with zero attached hydrogens (tertiary/aromatic N) is 1. The van der Waals surface area contributed by atoms with Crippen molar-refractivity contribution in [2.24, 2.45) is 0 Å². The first kappa shape index (κ1) is 26.7. The van der Waals surface area contributed by atoms with Crippen LogP contribution in [0.4, 0.5) is 4.39 Å². The van der Waals surface area contributed by atoms with Crippen molar-refractivity contribution in [3.63, 3.8) is 0 Å². The van der Waals surface area contributed by atoms with Crippen molar-refractivity contribution in [1.29, 1.82) is 0 Å². The molecule has 0 saturated heterocycles. The molecule has 0 fully saturated rings. The fourth-order valence-corrected chi connectivity index (χ4v) is 4.09. The van der Waals surface area contributed by atoms with Crippen LogP contribution in [0, 0.1) is 5.82 Å². The van der Waals surface area contributed by atoms with Gasteiger partial charge in [-0.15, -0.1) is 0 Å². The minimum atomic E-state index is -0.741. The molecule has 184 valence electrons. The molecule has 0 aliphatic heterocycles. The van der Waals surface area contributed by atoms with Crippen LogP contribution < -0.4 is 5.32 Å². The van der Waals surface area contributed by atoms with E-state index in [1.54, 1.807) is 35.2 Å². The number of carbonyl (C=O) groups is 2. The van der Waals surface area contributed by atoms with Crippen LogP contribution in [0.5, 0.6) is 0 Å². The Labute approximate surface area is 216 Å². The summed E-state index contributed by atoms with van der Waals surface area (Å²) in [6.07, 6.45) is 2.19. The predicted octanol–water partition coefficient (Wildman–Crippen LogP) is 6.23. The van der Waals surface area contributed by atoms with Crippen LogP contribution in [0.2, 0.25) is 10.0 Å². The van der Waals surface area contributed by atoms with E-state index in [1.165, 1.54) is 12.1 Å². The van der Waals surface area contributed by atoms with Gasteiger partial charge in [-0.1, -0.05) is 85.1 Å². The lowest BCUT2D eigenvalue weighted by molar-refractivity contribution is -0.140. The van der Waals surface area contributed by atoms with E-state index in [1.807, 2.05) is 30.3 Å². The minimum absolute atomic E-state index is 0.0472. The highest BCUT2D eigenvalue weighted by Gasteiger charge is 2.30. The SMILES string of the molecule is CCCCNC(=O)C(Cc1ccccc1)N(Cc1ccc(F)cc1)C(=O)Cc1ccc(Cl)c(Cl)c1. The van der Waals surface area contributed by atoms with Gasteiger partial charge in [0.25, 0.3) is 0 Å². The lowest BCUT2D eigenvalue weighted by Crippen LogP contribution is -2.51. The van der Waals surface area contributed by atoms with Crippen LogP contribution >= 0.6 is 23.2 Å². The fourth-order valence-electron chi connectivity index (χ4n) is 3.77. The van der Waals surface area contributed by atoms with Crippen molar-refractivity contribution >= 4 is 35.0 Å². The third-order valence-electron chi connectivity index (χ3n) is 5.71. The zero-order valence-electron chi connectivity index (χ0n) is 19.6. The first-order valence-electron chi connectivity index (χ1n) is 11.7. The van der Waals surface area contributed by atoms with Crippen molar-refractivity contribution < 1.29 is 14.0 Å². The lowest BCUT2D eigenvalue weighted by atomic mass is 10.0. The number of nitrogens with one attached hydrogen (secondary N) is 1. The molecule has 0 aromatic heterocycles. The summed E-state index contributed by atoms with van der Waals surface area (Å²) in [5.41, 5.74) is 2.36. The first-order chi connectivity index (χ1) is 16.9. The summed E-state index contributed by atoms with van der Waals surface area (Å²) in [7, 11) is 0. The molecule has 1 atom stereocenters. The number of amides is 2. The molecule has 0 aliphatic carbocycles. The molecule has 3 rings (SSSR count). The van der Waals surface area contributed by atoms with Crippen LogP contribution in [0.15, 0.2) is 72.8 Å². The Balaban J connectivity index is 1.94. The maximum absolute atomic E-state index is 13.6. The summed E-state index contributed by atoms with van der Waals surface area (Å²) in [5, 5.41) is 3.75. The van der Waals surface area contributed by atoms with Crippen LogP contribution in [-0.4, -0.2) is 29.3 Å². The summed E-state index contributed by atoms with van der Waals surface area (Å²) < 4.78 is 13.5. The Bertz CT molecular complexity index is 1120. The second-order valence-corrected chi connectivity index (χ2v) is 9.24. The molecular formula is C28H29Cl2FN2O2. The van der Waals surface area contributed by atoms with Crippen molar-refractivity contribution in [3.8, 4) is 0 Å². The van der Waals surface area contributed by atoms with Gasteiger partial charge in [-0.25, -0.2) is 4.39 Å². The molecular weight excluding hydrogens is 486 g/mol. The maximum Gasteiger partial charge on any atom is 0.243 e. The van der Waals surface area contributed by atoms with Gasteiger partial charge in [0.05, 0.1) is 16.5 Å². The number of benzene rings is 3. The number of unbranched alkanes of at least 4 members (excludes halogenated alkanes) is 1. The molecule has 0 aliphatic rings. The van der Waals surface area contributed by atoms with Crippen molar-refractivity contribution in [1.82, 2.24) is 10.2 Å². The summed E-state index contributed by atoms with van der Waals surface area (Å²) in [6, 6.07) is 19.9. The van der Waals surface area contributed by atoms with E-state index in [0.29, 0.717) is 28.6 Å². The number of hydrogen-bond donors (Lipinski definition) is 1. The van der Waals surface area contributed by atoms with Gasteiger partial charge < -0.3 is 10.2 Å². The molecule has 3 aromatic carbocycles. The minimum Gasteiger partial charge on any atom is -0.354 e. The van der Waals surface area contributed by atoms with E-state index in [4.69, 9.17) is 23.2 Å². The Morgan fingerprint density at radius 3 is 2.26 bits per heavy atom. The molecule has 0 bridgehead atoms. The molecule has 7 heteroatoms. The normalized spacial score (nSPS) is 11.7. The molecule has 2 amide bonds. The first-order valence-corrected chi connectivity index (χ1v) is 12.4. The second kappa shape index (κ2) is 13.3. The molecule has 1 N–H and O–H groups in total. The highest BCUT2D eigenvalue weighted by atomic mass is 35.5. The summed E-state index contributed by atoms with van der Waals surface area (Å²) >= 11 is 12.2. The van der Waals surface area contributed by atoms with E-state index in [9.17, 15) is 14.0 Å². The van der Waals surface area contributed by atoms with E-state index in [0.717, 1.165) is 24.0 Å². The number of halogens is 3. The van der Waals surface area contributed by atoms with Gasteiger partial charge in [0.15, 0.2) is 0 Å².